The number of fused-ring (bicyclic) bond motifs is 3. The van der Waals surface area contributed by atoms with Crippen LogP contribution in [0.4, 0.5) is 0 Å². The van der Waals surface area contributed by atoms with Crippen LogP contribution in [0.1, 0.15) is 13.3 Å². The topological polar surface area (TPSA) is 51.8 Å². The fourth-order valence-electron chi connectivity index (χ4n) is 6.61. The highest BCUT2D eigenvalue weighted by Gasteiger charge is 2.21. The van der Waals surface area contributed by atoms with Gasteiger partial charge in [0.25, 0.3) is 5.52 Å². The predicted octanol–water partition coefficient (Wildman–Crippen LogP) is 9.71. The highest BCUT2D eigenvalue weighted by molar-refractivity contribution is 6.17. The van der Waals surface area contributed by atoms with Crippen molar-refractivity contribution in [3.05, 3.63) is 140 Å². The smallest absolute Gasteiger partial charge is 0.255 e. The van der Waals surface area contributed by atoms with Gasteiger partial charge in [0.15, 0.2) is 29.4 Å². The number of pyridine rings is 1. The lowest BCUT2D eigenvalue weighted by Crippen LogP contribution is -2.34. The summed E-state index contributed by atoms with van der Waals surface area (Å²) in [7, 11) is 1.75. The summed E-state index contributed by atoms with van der Waals surface area (Å²) in [6.45, 7) is 3.11. The van der Waals surface area contributed by atoms with E-state index in [1.807, 2.05) is 60.7 Å². The second kappa shape index (κ2) is 12.1. The van der Waals surface area contributed by atoms with E-state index in [1.54, 1.807) is 7.11 Å². The lowest BCUT2D eigenvalue weighted by molar-refractivity contribution is -0.671. The Kier molecular flexibility index (Phi) is 7.35. The van der Waals surface area contributed by atoms with Crippen LogP contribution in [-0.4, -0.2) is 22.1 Å². The van der Waals surface area contributed by atoms with Crippen LogP contribution < -0.4 is 9.30 Å². The molecular formula is C42H33N4O+. The molecule has 6 aromatic carbocycles. The summed E-state index contributed by atoms with van der Waals surface area (Å²) >= 11 is 0. The molecular weight excluding hydrogens is 576 g/mol. The third-order valence-electron chi connectivity index (χ3n) is 8.77. The van der Waals surface area contributed by atoms with Gasteiger partial charge in [-0.3, -0.25) is 0 Å². The molecule has 2 heterocycles. The zero-order valence-corrected chi connectivity index (χ0v) is 26.4. The molecule has 226 valence electrons. The number of aromatic nitrogens is 4. The molecule has 0 amide bonds. The van der Waals surface area contributed by atoms with Gasteiger partial charge in [0.1, 0.15) is 6.54 Å². The van der Waals surface area contributed by atoms with Gasteiger partial charge >= 0.3 is 0 Å². The number of benzene rings is 6. The molecule has 0 saturated heterocycles. The fraction of sp³-hybridized carbons (Fsp3) is 0.0952. The van der Waals surface area contributed by atoms with Gasteiger partial charge in [-0.1, -0.05) is 104 Å². The summed E-state index contributed by atoms with van der Waals surface area (Å²) in [6, 6.07) is 46.4. The predicted molar refractivity (Wildman–Crippen MR) is 191 cm³/mol. The number of hydrogen-bond donors (Lipinski definition) is 0. The molecule has 0 atom stereocenters. The van der Waals surface area contributed by atoms with Gasteiger partial charge in [-0.15, -0.1) is 0 Å². The van der Waals surface area contributed by atoms with E-state index in [1.165, 1.54) is 16.3 Å². The Morgan fingerprint density at radius 2 is 1.17 bits per heavy atom. The molecule has 47 heavy (non-hydrogen) atoms. The monoisotopic (exact) mass is 609 g/mol. The number of hydrogen-bond acceptors (Lipinski definition) is 4. The van der Waals surface area contributed by atoms with Crippen LogP contribution in [0.5, 0.6) is 5.75 Å². The van der Waals surface area contributed by atoms with Gasteiger partial charge < -0.3 is 4.74 Å². The molecule has 0 fully saturated rings. The minimum atomic E-state index is 0.638. The molecule has 0 saturated carbocycles. The van der Waals surface area contributed by atoms with Crippen LogP contribution in [0.3, 0.4) is 0 Å². The number of ether oxygens (including phenoxy) is 1. The normalized spacial score (nSPS) is 11.4. The van der Waals surface area contributed by atoms with Gasteiger partial charge in [-0.25, -0.2) is 15.0 Å². The summed E-state index contributed by atoms with van der Waals surface area (Å²) < 4.78 is 8.21. The SMILES string of the molecule is CCC[n+]1cccc2c(-c3c4ccccc4cc4ccc(-c5nc(-c6ccccc6)nc(-c6ccccc6)n5)cc34)ccc(OC)c21. The molecule has 5 nitrogen and oxygen atoms in total. The Hall–Kier alpha value is -5.94. The lowest BCUT2D eigenvalue weighted by atomic mass is 9.89. The van der Waals surface area contributed by atoms with E-state index >= 15 is 0 Å². The molecule has 8 rings (SSSR count). The van der Waals surface area contributed by atoms with E-state index in [0.29, 0.717) is 17.5 Å². The highest BCUT2D eigenvalue weighted by atomic mass is 16.5. The maximum atomic E-state index is 5.91. The van der Waals surface area contributed by atoms with Gasteiger partial charge in [-0.05, 0) is 63.0 Å². The van der Waals surface area contributed by atoms with Gasteiger partial charge in [0, 0.05) is 29.2 Å². The summed E-state index contributed by atoms with van der Waals surface area (Å²) in [5.41, 5.74) is 6.28. The summed E-state index contributed by atoms with van der Waals surface area (Å²) in [5, 5.41) is 5.84. The Morgan fingerprint density at radius 3 is 1.85 bits per heavy atom. The van der Waals surface area contributed by atoms with Crippen molar-refractivity contribution >= 4 is 32.4 Å². The Bertz CT molecular complexity index is 2350. The average Bonchev–Trinajstić information content (AvgIpc) is 3.14. The molecule has 2 aromatic heterocycles. The van der Waals surface area contributed by atoms with Crippen LogP contribution in [0.25, 0.3) is 77.7 Å². The van der Waals surface area contributed by atoms with Crippen molar-refractivity contribution in [2.75, 3.05) is 7.11 Å². The standard InChI is InChI=1S/C42H33N4O/c1-3-24-46-25-12-19-35-34(22-23-37(47-2)39(35)46)38-33-18-11-10-17-30(33)26-31-20-21-32(27-36(31)38)42-44-40(28-13-6-4-7-14-28)43-41(45-42)29-15-8-5-9-16-29/h4-23,25-27H,3,24H2,1-2H3/q+1. The van der Waals surface area contributed by atoms with Crippen molar-refractivity contribution in [1.29, 1.82) is 0 Å². The molecule has 0 aliphatic heterocycles. The third-order valence-corrected chi connectivity index (χ3v) is 8.77. The minimum Gasteiger partial charge on any atom is -0.490 e. The maximum absolute atomic E-state index is 5.91. The Balaban J connectivity index is 1.42. The van der Waals surface area contributed by atoms with Crippen molar-refractivity contribution in [1.82, 2.24) is 15.0 Å². The van der Waals surface area contributed by atoms with E-state index in [9.17, 15) is 0 Å². The lowest BCUT2D eigenvalue weighted by Gasteiger charge is -2.16. The zero-order valence-electron chi connectivity index (χ0n) is 26.4. The highest BCUT2D eigenvalue weighted by Crippen LogP contribution is 2.42. The van der Waals surface area contributed by atoms with E-state index in [-0.39, 0.29) is 0 Å². The van der Waals surface area contributed by atoms with Gasteiger partial charge in [-0.2, -0.15) is 4.57 Å². The van der Waals surface area contributed by atoms with Crippen LogP contribution >= 0.6 is 0 Å². The molecule has 0 aliphatic rings. The molecule has 0 bridgehead atoms. The average molecular weight is 610 g/mol. The number of rotatable bonds is 7. The molecule has 5 heteroatoms. The first-order valence-electron chi connectivity index (χ1n) is 16.0. The van der Waals surface area contributed by atoms with Gasteiger partial charge in [0.05, 0.1) is 12.5 Å². The van der Waals surface area contributed by atoms with Crippen LogP contribution in [-0.2, 0) is 6.54 Å². The number of aryl methyl sites for hydroxylation is 1. The summed E-state index contributed by atoms with van der Waals surface area (Å²) in [5.74, 6) is 2.80. The third kappa shape index (κ3) is 5.16. The van der Waals surface area contributed by atoms with Crippen molar-refractivity contribution in [3.8, 4) is 51.0 Å². The molecule has 8 aromatic rings. The minimum absolute atomic E-state index is 0.638. The summed E-state index contributed by atoms with van der Waals surface area (Å²) in [6.07, 6.45) is 3.17. The molecule has 0 aliphatic carbocycles. The van der Waals surface area contributed by atoms with E-state index in [4.69, 9.17) is 19.7 Å². The largest absolute Gasteiger partial charge is 0.490 e. The molecule has 0 spiro atoms. The second-order valence-corrected chi connectivity index (χ2v) is 11.7. The second-order valence-electron chi connectivity index (χ2n) is 11.7. The Labute approximate surface area is 273 Å². The number of nitrogens with zero attached hydrogens (tertiary/aromatic N) is 4. The quantitative estimate of drug-likeness (QED) is 0.133. The van der Waals surface area contributed by atoms with E-state index in [2.05, 4.69) is 90.5 Å². The molecule has 0 N–H and O–H groups in total. The summed E-state index contributed by atoms with van der Waals surface area (Å²) in [4.78, 5) is 15.0. The van der Waals surface area contributed by atoms with Crippen molar-refractivity contribution in [2.45, 2.75) is 19.9 Å². The van der Waals surface area contributed by atoms with E-state index in [0.717, 1.165) is 62.6 Å². The van der Waals surface area contributed by atoms with Crippen LogP contribution in [0.15, 0.2) is 140 Å². The first-order chi connectivity index (χ1) is 23.2. The number of methoxy groups -OCH3 is 1. The Morgan fingerprint density at radius 1 is 0.553 bits per heavy atom. The fourth-order valence-corrected chi connectivity index (χ4v) is 6.61. The van der Waals surface area contributed by atoms with Crippen LogP contribution in [0.2, 0.25) is 0 Å². The first-order valence-corrected chi connectivity index (χ1v) is 16.0. The maximum Gasteiger partial charge on any atom is 0.255 e. The van der Waals surface area contributed by atoms with Crippen molar-refractivity contribution in [2.24, 2.45) is 0 Å². The van der Waals surface area contributed by atoms with Gasteiger partial charge in [0.2, 0.25) is 0 Å². The first kappa shape index (κ1) is 28.5. The zero-order chi connectivity index (χ0) is 31.7. The van der Waals surface area contributed by atoms with Crippen molar-refractivity contribution in [3.63, 3.8) is 0 Å². The van der Waals surface area contributed by atoms with Crippen LogP contribution in [0, 0.1) is 0 Å². The van der Waals surface area contributed by atoms with E-state index < -0.39 is 0 Å². The molecule has 0 radical (unpaired) electrons. The van der Waals surface area contributed by atoms with Crippen molar-refractivity contribution < 1.29 is 9.30 Å². The molecule has 0 unspecified atom stereocenters.